The van der Waals surface area contributed by atoms with Gasteiger partial charge in [0.05, 0.1) is 5.60 Å². The van der Waals surface area contributed by atoms with Crippen molar-refractivity contribution in [1.82, 2.24) is 4.90 Å². The molecular formula is C9H19NOS. The minimum atomic E-state index is -0.390. The third-order valence-corrected chi connectivity index (χ3v) is 3.27. The molecule has 0 aromatic carbocycles. The molecule has 1 rings (SSSR count). The summed E-state index contributed by atoms with van der Waals surface area (Å²) in [6.07, 6.45) is 2.12. The molecule has 72 valence electrons. The minimum Gasteiger partial charge on any atom is -0.387 e. The van der Waals surface area contributed by atoms with Crippen LogP contribution in [0.25, 0.3) is 0 Å². The van der Waals surface area contributed by atoms with Gasteiger partial charge in [0, 0.05) is 25.4 Å². The number of rotatable bonds is 4. The van der Waals surface area contributed by atoms with E-state index in [1.807, 2.05) is 11.8 Å². The maximum absolute atomic E-state index is 9.91. The second-order valence-corrected chi connectivity index (χ2v) is 4.95. The standard InChI is InChI=1S/C9H19NOS/c1-8(2)9(11)6-10(7-9)4-5-12-3/h8,11H,4-7H2,1-3H3. The lowest BCUT2D eigenvalue weighted by Gasteiger charge is -2.49. The number of thioether (sulfide) groups is 1. The van der Waals surface area contributed by atoms with Crippen LogP contribution in [0.15, 0.2) is 0 Å². The molecule has 1 aliphatic heterocycles. The average molecular weight is 189 g/mol. The Morgan fingerprint density at radius 3 is 2.50 bits per heavy atom. The minimum absolute atomic E-state index is 0.390. The van der Waals surface area contributed by atoms with E-state index >= 15 is 0 Å². The summed E-state index contributed by atoms with van der Waals surface area (Å²) < 4.78 is 0. The van der Waals surface area contributed by atoms with Gasteiger partial charge in [0.25, 0.3) is 0 Å². The Labute approximate surface area is 79.3 Å². The Balaban J connectivity index is 2.18. The first kappa shape index (κ1) is 10.4. The fraction of sp³-hybridized carbons (Fsp3) is 1.00. The van der Waals surface area contributed by atoms with Crippen LogP contribution in [0, 0.1) is 5.92 Å². The highest BCUT2D eigenvalue weighted by Gasteiger charge is 2.42. The molecule has 0 aromatic rings. The molecule has 1 heterocycles. The van der Waals surface area contributed by atoms with Crippen molar-refractivity contribution in [2.45, 2.75) is 19.4 Å². The van der Waals surface area contributed by atoms with Gasteiger partial charge >= 0.3 is 0 Å². The summed E-state index contributed by atoms with van der Waals surface area (Å²) in [4.78, 5) is 2.32. The molecule has 1 aliphatic rings. The molecule has 0 aliphatic carbocycles. The molecule has 0 spiro atoms. The van der Waals surface area contributed by atoms with Crippen molar-refractivity contribution in [2.75, 3.05) is 31.6 Å². The van der Waals surface area contributed by atoms with Gasteiger partial charge < -0.3 is 5.11 Å². The number of hydrogen-bond donors (Lipinski definition) is 1. The molecule has 0 amide bonds. The zero-order chi connectivity index (χ0) is 9.19. The monoisotopic (exact) mass is 189 g/mol. The molecule has 1 saturated heterocycles. The van der Waals surface area contributed by atoms with E-state index in [0.717, 1.165) is 19.6 Å². The van der Waals surface area contributed by atoms with Crippen LogP contribution in [0.1, 0.15) is 13.8 Å². The summed E-state index contributed by atoms with van der Waals surface area (Å²) in [6, 6.07) is 0. The highest BCUT2D eigenvalue weighted by atomic mass is 32.2. The molecule has 0 unspecified atom stereocenters. The van der Waals surface area contributed by atoms with E-state index in [-0.39, 0.29) is 0 Å². The average Bonchev–Trinajstić information content (AvgIpc) is 1.95. The van der Waals surface area contributed by atoms with Gasteiger partial charge in [-0.3, -0.25) is 4.90 Å². The molecule has 0 radical (unpaired) electrons. The van der Waals surface area contributed by atoms with Gasteiger partial charge in [-0.25, -0.2) is 0 Å². The summed E-state index contributed by atoms with van der Waals surface area (Å²) in [6.45, 7) is 7.03. The molecule has 1 N–H and O–H groups in total. The first-order valence-corrected chi connectivity index (χ1v) is 5.91. The van der Waals surface area contributed by atoms with E-state index in [9.17, 15) is 5.11 Å². The molecule has 0 aromatic heterocycles. The van der Waals surface area contributed by atoms with Crippen LogP contribution in [0.5, 0.6) is 0 Å². The first-order valence-electron chi connectivity index (χ1n) is 4.52. The fourth-order valence-corrected chi connectivity index (χ4v) is 1.91. The maximum atomic E-state index is 9.91. The molecule has 0 saturated carbocycles. The summed E-state index contributed by atoms with van der Waals surface area (Å²) in [5.41, 5.74) is -0.390. The number of β-amino-alcohol motifs (C(OH)–C–C–N with tert-alkyl or cyclic N) is 1. The predicted octanol–water partition coefficient (Wildman–Crippen LogP) is 1.05. The summed E-state index contributed by atoms with van der Waals surface area (Å²) in [5.74, 6) is 1.57. The summed E-state index contributed by atoms with van der Waals surface area (Å²) >= 11 is 1.86. The van der Waals surface area contributed by atoms with Gasteiger partial charge in [-0.05, 0) is 12.2 Å². The van der Waals surface area contributed by atoms with Gasteiger partial charge in [-0.2, -0.15) is 11.8 Å². The third-order valence-electron chi connectivity index (χ3n) is 2.68. The lowest BCUT2D eigenvalue weighted by atomic mass is 9.83. The van der Waals surface area contributed by atoms with Gasteiger partial charge in [0.15, 0.2) is 0 Å². The highest BCUT2D eigenvalue weighted by Crippen LogP contribution is 2.28. The molecule has 0 bridgehead atoms. The van der Waals surface area contributed by atoms with Crippen LogP contribution >= 0.6 is 11.8 Å². The maximum Gasteiger partial charge on any atom is 0.0922 e. The number of hydrogen-bond acceptors (Lipinski definition) is 3. The molecular weight excluding hydrogens is 170 g/mol. The Morgan fingerprint density at radius 2 is 2.08 bits per heavy atom. The van der Waals surface area contributed by atoms with Crippen LogP contribution in [0.4, 0.5) is 0 Å². The molecule has 3 heteroatoms. The number of likely N-dealkylation sites (tertiary alicyclic amines) is 1. The third kappa shape index (κ3) is 2.15. The molecule has 1 fully saturated rings. The largest absolute Gasteiger partial charge is 0.387 e. The summed E-state index contributed by atoms with van der Waals surface area (Å²) in [7, 11) is 0. The van der Waals surface area contributed by atoms with Gasteiger partial charge in [-0.1, -0.05) is 13.8 Å². The van der Waals surface area contributed by atoms with E-state index in [2.05, 4.69) is 25.0 Å². The van der Waals surface area contributed by atoms with Gasteiger partial charge in [-0.15, -0.1) is 0 Å². The topological polar surface area (TPSA) is 23.5 Å². The van der Waals surface area contributed by atoms with Crippen molar-refractivity contribution in [3.63, 3.8) is 0 Å². The van der Waals surface area contributed by atoms with Crippen molar-refractivity contribution in [1.29, 1.82) is 0 Å². The van der Waals surface area contributed by atoms with Crippen LogP contribution in [-0.2, 0) is 0 Å². The van der Waals surface area contributed by atoms with E-state index in [1.54, 1.807) is 0 Å². The first-order chi connectivity index (χ1) is 5.58. The van der Waals surface area contributed by atoms with Crippen molar-refractivity contribution in [2.24, 2.45) is 5.92 Å². The van der Waals surface area contributed by atoms with Crippen LogP contribution in [0.2, 0.25) is 0 Å². The Hall–Kier alpha value is 0.270. The smallest absolute Gasteiger partial charge is 0.0922 e. The van der Waals surface area contributed by atoms with E-state index in [0.29, 0.717) is 5.92 Å². The van der Waals surface area contributed by atoms with Crippen molar-refractivity contribution in [3.8, 4) is 0 Å². The van der Waals surface area contributed by atoms with E-state index in [4.69, 9.17) is 0 Å². The van der Waals surface area contributed by atoms with Crippen LogP contribution < -0.4 is 0 Å². The van der Waals surface area contributed by atoms with Gasteiger partial charge in [0.1, 0.15) is 0 Å². The molecule has 12 heavy (non-hydrogen) atoms. The SMILES string of the molecule is CSCCN1CC(O)(C(C)C)C1. The highest BCUT2D eigenvalue weighted by molar-refractivity contribution is 7.98. The molecule has 2 nitrogen and oxygen atoms in total. The van der Waals surface area contributed by atoms with Crippen molar-refractivity contribution < 1.29 is 5.11 Å². The number of aliphatic hydroxyl groups is 1. The van der Waals surface area contributed by atoms with E-state index in [1.165, 1.54) is 5.75 Å². The zero-order valence-electron chi connectivity index (χ0n) is 8.21. The van der Waals surface area contributed by atoms with Crippen molar-refractivity contribution in [3.05, 3.63) is 0 Å². The Kier molecular flexibility index (Phi) is 3.44. The second kappa shape index (κ2) is 3.99. The predicted molar refractivity (Wildman–Crippen MR) is 54.6 cm³/mol. The van der Waals surface area contributed by atoms with Crippen molar-refractivity contribution >= 4 is 11.8 Å². The normalized spacial score (nSPS) is 22.8. The van der Waals surface area contributed by atoms with Crippen LogP contribution in [0.3, 0.4) is 0 Å². The van der Waals surface area contributed by atoms with Gasteiger partial charge in [0.2, 0.25) is 0 Å². The lowest BCUT2D eigenvalue weighted by molar-refractivity contribution is -0.125. The fourth-order valence-electron chi connectivity index (χ4n) is 1.47. The lowest BCUT2D eigenvalue weighted by Crippen LogP contribution is -2.64. The van der Waals surface area contributed by atoms with E-state index < -0.39 is 5.60 Å². The quantitative estimate of drug-likeness (QED) is 0.715. The Bertz CT molecular complexity index is 143. The zero-order valence-corrected chi connectivity index (χ0v) is 9.02. The van der Waals surface area contributed by atoms with Crippen LogP contribution in [-0.4, -0.2) is 47.3 Å². The number of nitrogens with zero attached hydrogens (tertiary/aromatic N) is 1. The summed E-state index contributed by atoms with van der Waals surface area (Å²) in [5, 5.41) is 9.91. The Morgan fingerprint density at radius 1 is 1.50 bits per heavy atom. The molecule has 0 atom stereocenters. The second-order valence-electron chi connectivity index (χ2n) is 3.96.